The third-order valence-electron chi connectivity index (χ3n) is 5.39. The van der Waals surface area contributed by atoms with Gasteiger partial charge in [-0.1, -0.05) is 35.9 Å². The molecule has 0 aromatic heterocycles. The molecule has 0 unspecified atom stereocenters. The maximum absolute atomic E-state index is 12.5. The van der Waals surface area contributed by atoms with E-state index in [1.54, 1.807) is 6.07 Å². The van der Waals surface area contributed by atoms with E-state index in [4.69, 9.17) is 0 Å². The van der Waals surface area contributed by atoms with Gasteiger partial charge in [-0.15, -0.1) is 0 Å². The Bertz CT molecular complexity index is 918. The van der Waals surface area contributed by atoms with Crippen LogP contribution < -0.4 is 4.72 Å². The predicted molar refractivity (Wildman–Crippen MR) is 111 cm³/mol. The molecule has 0 bridgehead atoms. The SMILES string of the molecule is Cc1ccc(S(=O)(=O)NCCC2CCN(C(=O)c3ccccc3)CC2)c(C)c1. The van der Waals surface area contributed by atoms with Crippen molar-refractivity contribution in [1.29, 1.82) is 0 Å². The average Bonchev–Trinajstić information content (AvgIpc) is 2.68. The summed E-state index contributed by atoms with van der Waals surface area (Å²) in [5, 5.41) is 0. The van der Waals surface area contributed by atoms with Crippen molar-refractivity contribution < 1.29 is 13.2 Å². The van der Waals surface area contributed by atoms with E-state index < -0.39 is 10.0 Å². The molecule has 0 radical (unpaired) electrons. The smallest absolute Gasteiger partial charge is 0.253 e. The van der Waals surface area contributed by atoms with Gasteiger partial charge in [0.05, 0.1) is 4.90 Å². The fraction of sp³-hybridized carbons (Fsp3) is 0.409. The van der Waals surface area contributed by atoms with Crippen LogP contribution in [0.5, 0.6) is 0 Å². The molecule has 1 aliphatic rings. The van der Waals surface area contributed by atoms with Crippen LogP contribution in [0, 0.1) is 19.8 Å². The first-order chi connectivity index (χ1) is 13.4. The number of carbonyl (C=O) groups is 1. The van der Waals surface area contributed by atoms with Crippen LogP contribution in [0.15, 0.2) is 53.4 Å². The lowest BCUT2D eigenvalue weighted by Crippen LogP contribution is -2.39. The minimum Gasteiger partial charge on any atom is -0.339 e. The summed E-state index contributed by atoms with van der Waals surface area (Å²) in [4.78, 5) is 14.7. The molecule has 5 nitrogen and oxygen atoms in total. The zero-order valence-corrected chi connectivity index (χ0v) is 17.3. The molecule has 1 aliphatic heterocycles. The fourth-order valence-corrected chi connectivity index (χ4v) is 5.04. The van der Waals surface area contributed by atoms with Crippen LogP contribution in [-0.4, -0.2) is 38.9 Å². The number of carbonyl (C=O) groups excluding carboxylic acids is 1. The molecule has 2 aromatic carbocycles. The number of amides is 1. The Morgan fingerprint density at radius 3 is 2.39 bits per heavy atom. The second-order valence-corrected chi connectivity index (χ2v) is 9.29. The van der Waals surface area contributed by atoms with Crippen molar-refractivity contribution in [2.75, 3.05) is 19.6 Å². The van der Waals surface area contributed by atoms with Gasteiger partial charge in [-0.25, -0.2) is 13.1 Å². The summed E-state index contributed by atoms with van der Waals surface area (Å²) in [6.45, 7) is 5.64. The quantitative estimate of drug-likeness (QED) is 0.807. The van der Waals surface area contributed by atoms with Gasteiger partial charge in [-0.3, -0.25) is 4.79 Å². The van der Waals surface area contributed by atoms with Gasteiger partial charge in [0.1, 0.15) is 0 Å². The normalized spacial score (nSPS) is 15.6. The minimum atomic E-state index is -3.48. The molecule has 1 amide bonds. The van der Waals surface area contributed by atoms with Crippen LogP contribution in [0.25, 0.3) is 0 Å². The average molecular weight is 401 g/mol. The lowest BCUT2D eigenvalue weighted by molar-refractivity contribution is 0.0687. The molecule has 1 fully saturated rings. The number of rotatable bonds is 6. The third-order valence-corrected chi connectivity index (χ3v) is 7.01. The Kier molecular flexibility index (Phi) is 6.52. The van der Waals surface area contributed by atoms with Gasteiger partial charge in [0.2, 0.25) is 10.0 Å². The van der Waals surface area contributed by atoms with Crippen molar-refractivity contribution >= 4 is 15.9 Å². The van der Waals surface area contributed by atoms with Crippen molar-refractivity contribution in [2.24, 2.45) is 5.92 Å². The molecule has 1 saturated heterocycles. The Morgan fingerprint density at radius 1 is 1.07 bits per heavy atom. The molecule has 6 heteroatoms. The first kappa shape index (κ1) is 20.6. The number of hydrogen-bond donors (Lipinski definition) is 1. The van der Waals surface area contributed by atoms with Gasteiger partial charge < -0.3 is 4.90 Å². The zero-order valence-electron chi connectivity index (χ0n) is 16.5. The van der Waals surface area contributed by atoms with Crippen molar-refractivity contribution in [1.82, 2.24) is 9.62 Å². The number of hydrogen-bond acceptors (Lipinski definition) is 3. The third kappa shape index (κ3) is 5.00. The summed E-state index contributed by atoms with van der Waals surface area (Å²) in [5.41, 5.74) is 2.54. The van der Waals surface area contributed by atoms with E-state index in [9.17, 15) is 13.2 Å². The van der Waals surface area contributed by atoms with Crippen molar-refractivity contribution in [3.8, 4) is 0 Å². The van der Waals surface area contributed by atoms with E-state index in [-0.39, 0.29) is 5.91 Å². The van der Waals surface area contributed by atoms with E-state index in [0.717, 1.165) is 49.0 Å². The summed E-state index contributed by atoms with van der Waals surface area (Å²) in [7, 11) is -3.48. The zero-order chi connectivity index (χ0) is 20.1. The molecular formula is C22H28N2O3S. The highest BCUT2D eigenvalue weighted by atomic mass is 32.2. The van der Waals surface area contributed by atoms with E-state index in [1.807, 2.05) is 61.2 Å². The highest BCUT2D eigenvalue weighted by molar-refractivity contribution is 7.89. The summed E-state index contributed by atoms with van der Waals surface area (Å²) in [6, 6.07) is 14.7. The highest BCUT2D eigenvalue weighted by Crippen LogP contribution is 2.22. The van der Waals surface area contributed by atoms with Crippen LogP contribution in [-0.2, 0) is 10.0 Å². The molecule has 0 aliphatic carbocycles. The molecule has 0 atom stereocenters. The number of nitrogens with one attached hydrogen (secondary N) is 1. The monoisotopic (exact) mass is 400 g/mol. The van der Waals surface area contributed by atoms with E-state index in [2.05, 4.69) is 4.72 Å². The maximum atomic E-state index is 12.5. The Labute approximate surface area is 167 Å². The van der Waals surface area contributed by atoms with E-state index >= 15 is 0 Å². The van der Waals surface area contributed by atoms with Gasteiger partial charge in [0.25, 0.3) is 5.91 Å². The molecule has 2 aromatic rings. The van der Waals surface area contributed by atoms with Gasteiger partial charge in [0, 0.05) is 25.2 Å². The van der Waals surface area contributed by atoms with Crippen molar-refractivity contribution in [3.63, 3.8) is 0 Å². The maximum Gasteiger partial charge on any atom is 0.253 e. The number of sulfonamides is 1. The lowest BCUT2D eigenvalue weighted by atomic mass is 9.93. The lowest BCUT2D eigenvalue weighted by Gasteiger charge is -2.32. The number of aryl methyl sites for hydroxylation is 2. The predicted octanol–water partition coefficient (Wildman–Crippen LogP) is 3.52. The summed E-state index contributed by atoms with van der Waals surface area (Å²) in [5.74, 6) is 0.510. The highest BCUT2D eigenvalue weighted by Gasteiger charge is 2.24. The summed E-state index contributed by atoms with van der Waals surface area (Å²) < 4.78 is 27.8. The number of benzene rings is 2. The number of likely N-dealkylation sites (tertiary alicyclic amines) is 1. The first-order valence-corrected chi connectivity index (χ1v) is 11.3. The van der Waals surface area contributed by atoms with Crippen LogP contribution >= 0.6 is 0 Å². The molecule has 3 rings (SSSR count). The van der Waals surface area contributed by atoms with Gasteiger partial charge in [0.15, 0.2) is 0 Å². The summed E-state index contributed by atoms with van der Waals surface area (Å²) in [6.07, 6.45) is 2.60. The fourth-order valence-electron chi connectivity index (χ4n) is 3.76. The van der Waals surface area contributed by atoms with Crippen LogP contribution in [0.3, 0.4) is 0 Å². The Morgan fingerprint density at radius 2 is 1.75 bits per heavy atom. The van der Waals surface area contributed by atoms with E-state index in [1.165, 1.54) is 0 Å². The van der Waals surface area contributed by atoms with Gasteiger partial charge in [-0.2, -0.15) is 0 Å². The molecule has 150 valence electrons. The minimum absolute atomic E-state index is 0.0783. The van der Waals surface area contributed by atoms with Crippen LogP contribution in [0.4, 0.5) is 0 Å². The summed E-state index contributed by atoms with van der Waals surface area (Å²) >= 11 is 0. The van der Waals surface area contributed by atoms with Gasteiger partial charge in [-0.05, 0) is 62.8 Å². The van der Waals surface area contributed by atoms with Crippen LogP contribution in [0.2, 0.25) is 0 Å². The number of nitrogens with zero attached hydrogens (tertiary/aromatic N) is 1. The van der Waals surface area contributed by atoms with Crippen molar-refractivity contribution in [2.45, 2.75) is 38.0 Å². The Balaban J connectivity index is 1.47. The second-order valence-electron chi connectivity index (χ2n) is 7.56. The molecule has 1 heterocycles. The van der Waals surface area contributed by atoms with Crippen LogP contribution in [0.1, 0.15) is 40.7 Å². The topological polar surface area (TPSA) is 66.5 Å². The Hall–Kier alpha value is -2.18. The van der Waals surface area contributed by atoms with Gasteiger partial charge >= 0.3 is 0 Å². The standard InChI is InChI=1S/C22H28N2O3S/c1-17-8-9-21(18(2)16-17)28(26,27)23-13-10-19-11-14-24(15-12-19)22(25)20-6-4-3-5-7-20/h3-9,16,19,23H,10-15H2,1-2H3. The first-order valence-electron chi connectivity index (χ1n) is 9.78. The molecule has 0 spiro atoms. The largest absolute Gasteiger partial charge is 0.339 e. The van der Waals surface area contributed by atoms with Crippen molar-refractivity contribution in [3.05, 3.63) is 65.2 Å². The molecule has 28 heavy (non-hydrogen) atoms. The molecule has 0 saturated carbocycles. The molecular weight excluding hydrogens is 372 g/mol. The van der Waals surface area contributed by atoms with E-state index in [0.29, 0.717) is 17.4 Å². The second kappa shape index (κ2) is 8.88. The number of piperidine rings is 1. The molecule has 1 N–H and O–H groups in total.